The van der Waals surface area contributed by atoms with E-state index in [-0.39, 0.29) is 12.1 Å². The Balaban J connectivity index is 1.44. The first-order valence-electron chi connectivity index (χ1n) is 15.7. The van der Waals surface area contributed by atoms with Crippen molar-refractivity contribution in [3.8, 4) is 16.9 Å². The molecule has 0 aliphatic rings. The van der Waals surface area contributed by atoms with E-state index in [0.717, 1.165) is 36.8 Å². The Morgan fingerprint density at radius 3 is 1.68 bits per heavy atom. The molecule has 220 valence electrons. The molecular formula is C37H48O4. The number of carbonyl (C=O) groups is 2. The molecular weight excluding hydrogens is 508 g/mol. The van der Waals surface area contributed by atoms with Crippen molar-refractivity contribution in [2.24, 2.45) is 0 Å². The summed E-state index contributed by atoms with van der Waals surface area (Å²) in [5.74, 6) is -0.398. The third kappa shape index (κ3) is 11.5. The fourth-order valence-electron chi connectivity index (χ4n) is 4.94. The van der Waals surface area contributed by atoms with Crippen molar-refractivity contribution in [1.29, 1.82) is 0 Å². The van der Waals surface area contributed by atoms with Gasteiger partial charge < -0.3 is 9.47 Å². The Kier molecular flexibility index (Phi) is 14.2. The minimum atomic E-state index is -0.433. The van der Waals surface area contributed by atoms with Gasteiger partial charge in [0.1, 0.15) is 5.75 Å². The lowest BCUT2D eigenvalue weighted by Crippen LogP contribution is -2.15. The SMILES string of the molecule is CCCCCCCCCc1ccc(-c2ccc(C(=O)Oc3ccc(C(=O)OC(C)CCCCCC)cc3)cc2)cc1. The van der Waals surface area contributed by atoms with Gasteiger partial charge in [0.05, 0.1) is 17.2 Å². The topological polar surface area (TPSA) is 52.6 Å². The van der Waals surface area contributed by atoms with E-state index in [1.807, 2.05) is 19.1 Å². The average molecular weight is 557 g/mol. The third-order valence-electron chi connectivity index (χ3n) is 7.55. The molecule has 0 heterocycles. The van der Waals surface area contributed by atoms with Gasteiger partial charge in [-0.25, -0.2) is 9.59 Å². The molecule has 4 nitrogen and oxygen atoms in total. The molecule has 4 heteroatoms. The molecule has 3 aromatic rings. The molecule has 0 saturated carbocycles. The molecule has 0 aliphatic heterocycles. The summed E-state index contributed by atoms with van der Waals surface area (Å²) in [6.07, 6.45) is 15.8. The summed E-state index contributed by atoms with van der Waals surface area (Å²) in [5, 5.41) is 0. The van der Waals surface area contributed by atoms with Gasteiger partial charge in [0, 0.05) is 0 Å². The van der Waals surface area contributed by atoms with E-state index >= 15 is 0 Å². The maximum atomic E-state index is 12.7. The van der Waals surface area contributed by atoms with Crippen LogP contribution < -0.4 is 4.74 Å². The van der Waals surface area contributed by atoms with Gasteiger partial charge in [-0.2, -0.15) is 0 Å². The van der Waals surface area contributed by atoms with Crippen LogP contribution in [0.5, 0.6) is 5.75 Å². The third-order valence-corrected chi connectivity index (χ3v) is 7.55. The second-order valence-corrected chi connectivity index (χ2v) is 11.1. The number of benzene rings is 3. The normalized spacial score (nSPS) is 11.7. The molecule has 0 aliphatic carbocycles. The van der Waals surface area contributed by atoms with Crippen molar-refractivity contribution >= 4 is 11.9 Å². The first kappa shape index (κ1) is 32.1. The molecule has 1 unspecified atom stereocenters. The summed E-state index contributed by atoms with van der Waals surface area (Å²) in [7, 11) is 0. The Bertz CT molecular complexity index is 1160. The number of unbranched alkanes of at least 4 members (excludes halogenated alkanes) is 9. The monoisotopic (exact) mass is 556 g/mol. The maximum Gasteiger partial charge on any atom is 0.343 e. The van der Waals surface area contributed by atoms with Gasteiger partial charge in [-0.3, -0.25) is 0 Å². The molecule has 0 saturated heterocycles. The highest BCUT2D eigenvalue weighted by atomic mass is 16.5. The van der Waals surface area contributed by atoms with E-state index < -0.39 is 5.97 Å². The van der Waals surface area contributed by atoms with Crippen LogP contribution in [0, 0.1) is 0 Å². The molecule has 3 aromatic carbocycles. The van der Waals surface area contributed by atoms with Crippen LogP contribution in [0.3, 0.4) is 0 Å². The van der Waals surface area contributed by atoms with Gasteiger partial charge in [-0.15, -0.1) is 0 Å². The van der Waals surface area contributed by atoms with Crippen LogP contribution in [0.1, 0.15) is 124 Å². The van der Waals surface area contributed by atoms with Crippen LogP contribution in [-0.4, -0.2) is 18.0 Å². The van der Waals surface area contributed by atoms with Gasteiger partial charge in [-0.05, 0) is 85.7 Å². The molecule has 0 radical (unpaired) electrons. The van der Waals surface area contributed by atoms with Gasteiger partial charge in [0.15, 0.2) is 0 Å². The zero-order chi connectivity index (χ0) is 29.3. The van der Waals surface area contributed by atoms with Crippen molar-refractivity contribution in [3.63, 3.8) is 0 Å². The number of rotatable bonds is 18. The highest BCUT2D eigenvalue weighted by Crippen LogP contribution is 2.23. The fourth-order valence-corrected chi connectivity index (χ4v) is 4.94. The average Bonchev–Trinajstić information content (AvgIpc) is 2.99. The predicted octanol–water partition coefficient (Wildman–Crippen LogP) is 10.4. The standard InChI is InChI=1S/C37H48O4/c1-4-6-8-10-11-12-14-16-30-17-19-31(20-18-30)32-21-23-33(24-22-32)37(39)41-35-27-25-34(26-28-35)36(38)40-29(3)15-13-9-7-5-2/h17-29H,4-16H2,1-3H3. The molecule has 0 N–H and O–H groups in total. The van der Waals surface area contributed by atoms with Crippen LogP contribution in [0.25, 0.3) is 11.1 Å². The van der Waals surface area contributed by atoms with Gasteiger partial charge >= 0.3 is 11.9 Å². The van der Waals surface area contributed by atoms with Gasteiger partial charge in [0.2, 0.25) is 0 Å². The van der Waals surface area contributed by atoms with Crippen LogP contribution in [0.2, 0.25) is 0 Å². The molecule has 0 bridgehead atoms. The maximum absolute atomic E-state index is 12.7. The van der Waals surface area contributed by atoms with Crippen molar-refractivity contribution in [1.82, 2.24) is 0 Å². The minimum absolute atomic E-state index is 0.118. The smallest absolute Gasteiger partial charge is 0.343 e. The second kappa shape index (κ2) is 18.1. The number of carbonyl (C=O) groups excluding carboxylic acids is 2. The quantitative estimate of drug-likeness (QED) is 0.0888. The largest absolute Gasteiger partial charge is 0.459 e. The number of ether oxygens (including phenoxy) is 2. The Morgan fingerprint density at radius 1 is 0.585 bits per heavy atom. The number of hydrogen-bond donors (Lipinski definition) is 0. The van der Waals surface area contributed by atoms with Crippen LogP contribution in [0.4, 0.5) is 0 Å². The first-order valence-corrected chi connectivity index (χ1v) is 15.7. The summed E-state index contributed by atoms with van der Waals surface area (Å²) in [4.78, 5) is 25.1. The first-order chi connectivity index (χ1) is 20.0. The lowest BCUT2D eigenvalue weighted by Gasteiger charge is -2.13. The highest BCUT2D eigenvalue weighted by molar-refractivity contribution is 5.92. The van der Waals surface area contributed by atoms with Crippen molar-refractivity contribution in [2.75, 3.05) is 0 Å². The summed E-state index contributed by atoms with van der Waals surface area (Å²) >= 11 is 0. The Labute approximate surface area is 247 Å². The van der Waals surface area contributed by atoms with E-state index in [1.165, 1.54) is 63.4 Å². The summed E-state index contributed by atoms with van der Waals surface area (Å²) < 4.78 is 11.1. The highest BCUT2D eigenvalue weighted by Gasteiger charge is 2.14. The zero-order valence-electron chi connectivity index (χ0n) is 25.3. The van der Waals surface area contributed by atoms with Crippen LogP contribution in [0.15, 0.2) is 72.8 Å². The fraction of sp³-hybridized carbons (Fsp3) is 0.459. The van der Waals surface area contributed by atoms with E-state index in [0.29, 0.717) is 16.9 Å². The summed E-state index contributed by atoms with van der Waals surface area (Å²) in [5.41, 5.74) is 4.49. The zero-order valence-corrected chi connectivity index (χ0v) is 25.3. The molecule has 0 aromatic heterocycles. The number of esters is 2. The molecule has 1 atom stereocenters. The predicted molar refractivity (Wildman–Crippen MR) is 169 cm³/mol. The molecule has 3 rings (SSSR count). The summed E-state index contributed by atoms with van der Waals surface area (Å²) in [6.45, 7) is 6.36. The van der Waals surface area contributed by atoms with E-state index in [2.05, 4.69) is 38.1 Å². The number of aryl methyl sites for hydroxylation is 1. The Hall–Kier alpha value is -3.40. The molecule has 41 heavy (non-hydrogen) atoms. The molecule has 0 fully saturated rings. The lowest BCUT2D eigenvalue weighted by molar-refractivity contribution is 0.0319. The lowest BCUT2D eigenvalue weighted by atomic mass is 10.00. The van der Waals surface area contributed by atoms with Crippen LogP contribution in [-0.2, 0) is 11.2 Å². The second-order valence-electron chi connectivity index (χ2n) is 11.1. The van der Waals surface area contributed by atoms with Crippen molar-refractivity contribution in [2.45, 2.75) is 110 Å². The van der Waals surface area contributed by atoms with Crippen LogP contribution >= 0.6 is 0 Å². The van der Waals surface area contributed by atoms with Crippen molar-refractivity contribution < 1.29 is 19.1 Å². The van der Waals surface area contributed by atoms with Gasteiger partial charge in [-0.1, -0.05) is 108 Å². The number of hydrogen-bond acceptors (Lipinski definition) is 4. The van der Waals surface area contributed by atoms with E-state index in [1.54, 1.807) is 36.4 Å². The van der Waals surface area contributed by atoms with Crippen molar-refractivity contribution in [3.05, 3.63) is 89.5 Å². The minimum Gasteiger partial charge on any atom is -0.459 e. The Morgan fingerprint density at radius 2 is 1.07 bits per heavy atom. The van der Waals surface area contributed by atoms with E-state index in [9.17, 15) is 9.59 Å². The molecule has 0 spiro atoms. The molecule has 0 amide bonds. The summed E-state index contributed by atoms with van der Waals surface area (Å²) in [6, 6.07) is 22.7. The van der Waals surface area contributed by atoms with Gasteiger partial charge in [0.25, 0.3) is 0 Å². The van der Waals surface area contributed by atoms with E-state index in [4.69, 9.17) is 9.47 Å².